The van der Waals surface area contributed by atoms with Gasteiger partial charge in [-0.2, -0.15) is 0 Å². The molecule has 5 aliphatic rings. The van der Waals surface area contributed by atoms with Gasteiger partial charge in [0.2, 0.25) is 5.91 Å². The van der Waals surface area contributed by atoms with E-state index in [-0.39, 0.29) is 41.7 Å². The molecule has 8 heterocycles. The molecule has 3 unspecified atom stereocenters. The number of imide groups is 1. The fourth-order valence-corrected chi connectivity index (χ4v) is 9.77. The Morgan fingerprint density at radius 3 is 2.45 bits per heavy atom. The predicted octanol–water partition coefficient (Wildman–Crippen LogP) is 5.18. The molecule has 4 fully saturated rings. The number of rotatable bonds is 8. The molecule has 3 aromatic heterocycles. The normalized spacial score (nSPS) is 23.4. The largest absolute Gasteiger partial charge is 0.371 e. The SMILES string of the molecule is CC1NC(=O)CCC1N1C(=O)c2ccc(N3CC(C(C)N4CCN(c5cccc(-c6cnc7ccc(N8CCC[C@@H]8c8cccc(F)c8)nn67)n5)CC4)C3)cc2C1=O. The van der Waals surface area contributed by atoms with Crippen molar-refractivity contribution >= 4 is 40.7 Å². The number of piperidine rings is 1. The predicted molar refractivity (Wildman–Crippen MR) is 218 cm³/mol. The molecule has 58 heavy (non-hydrogen) atoms. The maximum atomic E-state index is 14.1. The lowest BCUT2D eigenvalue weighted by molar-refractivity contribution is -0.124. The molecule has 14 heteroatoms. The van der Waals surface area contributed by atoms with Crippen molar-refractivity contribution in [2.45, 2.75) is 63.7 Å². The first-order chi connectivity index (χ1) is 28.2. The number of fused-ring (bicyclic) bond motifs is 2. The minimum Gasteiger partial charge on any atom is -0.371 e. The van der Waals surface area contributed by atoms with E-state index in [1.54, 1.807) is 18.2 Å². The summed E-state index contributed by atoms with van der Waals surface area (Å²) in [6.45, 7) is 10.4. The van der Waals surface area contributed by atoms with Crippen LogP contribution in [0.2, 0.25) is 0 Å². The van der Waals surface area contributed by atoms with E-state index in [1.807, 2.05) is 54.0 Å². The number of piperazine rings is 1. The summed E-state index contributed by atoms with van der Waals surface area (Å²) in [5.41, 5.74) is 5.22. The molecule has 13 nitrogen and oxygen atoms in total. The van der Waals surface area contributed by atoms with E-state index in [9.17, 15) is 18.8 Å². The quantitative estimate of drug-likeness (QED) is 0.211. The van der Waals surface area contributed by atoms with E-state index in [0.29, 0.717) is 35.9 Å². The molecule has 10 rings (SSSR count). The van der Waals surface area contributed by atoms with Gasteiger partial charge in [0.1, 0.15) is 23.1 Å². The first-order valence-corrected chi connectivity index (χ1v) is 20.6. The molecule has 2 aromatic carbocycles. The van der Waals surface area contributed by atoms with Crippen LogP contribution in [0.15, 0.2) is 79.0 Å². The summed E-state index contributed by atoms with van der Waals surface area (Å²) >= 11 is 0. The van der Waals surface area contributed by atoms with Gasteiger partial charge in [-0.15, -0.1) is 5.10 Å². The lowest BCUT2D eigenvalue weighted by Gasteiger charge is -2.49. The van der Waals surface area contributed by atoms with Crippen LogP contribution in [-0.4, -0.2) is 111 Å². The summed E-state index contributed by atoms with van der Waals surface area (Å²) in [6, 6.07) is 22.5. The van der Waals surface area contributed by atoms with Gasteiger partial charge in [0, 0.05) is 75.9 Å². The Balaban J connectivity index is 0.767. The van der Waals surface area contributed by atoms with E-state index >= 15 is 0 Å². The summed E-state index contributed by atoms with van der Waals surface area (Å²) in [7, 11) is 0. The van der Waals surface area contributed by atoms with Crippen LogP contribution in [0.5, 0.6) is 0 Å². The minimum atomic E-state index is -0.338. The number of nitrogens with one attached hydrogen (secondary N) is 1. The number of hydrogen-bond acceptors (Lipinski definition) is 10. The molecule has 4 saturated heterocycles. The zero-order valence-corrected chi connectivity index (χ0v) is 32.8. The van der Waals surface area contributed by atoms with Crippen LogP contribution in [0, 0.1) is 11.7 Å². The fraction of sp³-hybridized carbons (Fsp3) is 0.409. The molecular weight excluding hydrogens is 736 g/mol. The zero-order chi connectivity index (χ0) is 39.7. The second-order valence-corrected chi connectivity index (χ2v) is 16.5. The van der Waals surface area contributed by atoms with Gasteiger partial charge in [-0.1, -0.05) is 18.2 Å². The first-order valence-electron chi connectivity index (χ1n) is 20.6. The van der Waals surface area contributed by atoms with Crippen molar-refractivity contribution in [1.29, 1.82) is 0 Å². The Bertz CT molecular complexity index is 2420. The molecule has 5 aliphatic heterocycles. The highest BCUT2D eigenvalue weighted by atomic mass is 19.1. The molecular formula is C44H47FN10O3. The van der Waals surface area contributed by atoms with E-state index in [2.05, 4.69) is 49.0 Å². The lowest BCUT2D eigenvalue weighted by Crippen LogP contribution is -2.59. The molecule has 5 aromatic rings. The average Bonchev–Trinajstić information content (AvgIpc) is 3.94. The number of carbonyl (C=O) groups excluding carboxylic acids is 3. The van der Waals surface area contributed by atoms with Gasteiger partial charge in [-0.05, 0) is 93.3 Å². The fourth-order valence-electron chi connectivity index (χ4n) is 9.77. The molecule has 0 aliphatic carbocycles. The standard InChI is InChI=1S/C44H47FN10O3/c1-27-36(13-16-42(56)47-27)54-43(57)33-12-11-32(23-34(33)44(54)58)52-25-30(26-52)28(2)50-18-20-51(21-19-50)40-10-4-8-35(48-40)38-24-46-39-14-15-41(49-55(38)39)53-17-5-9-37(53)29-6-3-7-31(45)22-29/h3-4,6-8,10-12,14-15,22-24,27-28,30,36-37H,5,9,13,16-21,25-26H2,1-2H3,(H,47,56)/t27?,28?,36?,37-/m1/s1. The summed E-state index contributed by atoms with van der Waals surface area (Å²) in [5.74, 6) is 1.45. The number of benzene rings is 2. The van der Waals surface area contributed by atoms with Crippen LogP contribution in [0.3, 0.4) is 0 Å². The third kappa shape index (κ3) is 6.34. The smallest absolute Gasteiger partial charge is 0.261 e. The van der Waals surface area contributed by atoms with Crippen molar-refractivity contribution in [3.63, 3.8) is 0 Å². The zero-order valence-electron chi connectivity index (χ0n) is 32.8. The molecule has 4 atom stereocenters. The maximum Gasteiger partial charge on any atom is 0.261 e. The van der Waals surface area contributed by atoms with E-state index < -0.39 is 0 Å². The Morgan fingerprint density at radius 2 is 1.64 bits per heavy atom. The number of aromatic nitrogens is 4. The highest BCUT2D eigenvalue weighted by Gasteiger charge is 2.44. The van der Waals surface area contributed by atoms with Gasteiger partial charge in [0.05, 0.1) is 35.1 Å². The van der Waals surface area contributed by atoms with Crippen molar-refractivity contribution < 1.29 is 18.8 Å². The molecule has 0 spiro atoms. The van der Waals surface area contributed by atoms with E-state index in [1.165, 1.54) is 11.0 Å². The van der Waals surface area contributed by atoms with Crippen LogP contribution in [-0.2, 0) is 4.79 Å². The average molecular weight is 783 g/mol. The third-order valence-electron chi connectivity index (χ3n) is 13.2. The van der Waals surface area contributed by atoms with Crippen LogP contribution in [0.25, 0.3) is 17.0 Å². The van der Waals surface area contributed by atoms with E-state index in [0.717, 1.165) is 98.6 Å². The summed E-state index contributed by atoms with van der Waals surface area (Å²) < 4.78 is 16.0. The van der Waals surface area contributed by atoms with Crippen molar-refractivity contribution in [1.82, 2.24) is 34.7 Å². The number of halogens is 1. The Morgan fingerprint density at radius 1 is 0.828 bits per heavy atom. The molecule has 298 valence electrons. The van der Waals surface area contributed by atoms with Crippen molar-refractivity contribution in [2.24, 2.45) is 5.92 Å². The number of imidazole rings is 1. The van der Waals surface area contributed by atoms with Crippen LogP contribution >= 0.6 is 0 Å². The van der Waals surface area contributed by atoms with Crippen LogP contribution in [0.1, 0.15) is 71.9 Å². The second-order valence-electron chi connectivity index (χ2n) is 16.5. The molecule has 0 bridgehead atoms. The van der Waals surface area contributed by atoms with Crippen molar-refractivity contribution in [2.75, 3.05) is 60.5 Å². The van der Waals surface area contributed by atoms with E-state index in [4.69, 9.17) is 10.1 Å². The number of pyridine rings is 1. The maximum absolute atomic E-state index is 14.1. The minimum absolute atomic E-state index is 0.0431. The third-order valence-corrected chi connectivity index (χ3v) is 13.2. The van der Waals surface area contributed by atoms with Gasteiger partial charge in [0.25, 0.3) is 11.8 Å². The second kappa shape index (κ2) is 14.5. The van der Waals surface area contributed by atoms with Crippen molar-refractivity contribution in [3.05, 3.63) is 102 Å². The van der Waals surface area contributed by atoms with Gasteiger partial charge < -0.3 is 20.0 Å². The van der Waals surface area contributed by atoms with Crippen molar-refractivity contribution in [3.8, 4) is 11.4 Å². The lowest BCUT2D eigenvalue weighted by atomic mass is 9.90. The molecule has 0 radical (unpaired) electrons. The topological polar surface area (TPSA) is 123 Å². The summed E-state index contributed by atoms with van der Waals surface area (Å²) in [4.78, 5) is 59.3. The monoisotopic (exact) mass is 782 g/mol. The van der Waals surface area contributed by atoms with Gasteiger partial charge in [-0.25, -0.2) is 18.9 Å². The first kappa shape index (κ1) is 36.5. The van der Waals surface area contributed by atoms with Gasteiger partial charge in [0.15, 0.2) is 5.65 Å². The number of anilines is 3. The Kier molecular flexibility index (Phi) is 9.11. The van der Waals surface area contributed by atoms with Gasteiger partial charge in [-0.3, -0.25) is 24.2 Å². The summed E-state index contributed by atoms with van der Waals surface area (Å²) in [6.07, 6.45) is 4.59. The van der Waals surface area contributed by atoms with Gasteiger partial charge >= 0.3 is 0 Å². The number of amides is 3. The number of hydrogen-bond donors (Lipinski definition) is 1. The highest BCUT2D eigenvalue weighted by Crippen LogP contribution is 2.37. The number of nitrogens with zero attached hydrogens (tertiary/aromatic N) is 9. The molecule has 1 N–H and O–H groups in total. The van der Waals surface area contributed by atoms with Crippen LogP contribution < -0.4 is 20.0 Å². The molecule has 0 saturated carbocycles. The van der Waals surface area contributed by atoms with Crippen LogP contribution in [0.4, 0.5) is 21.7 Å². The number of carbonyl (C=O) groups is 3. The molecule has 3 amide bonds. The Labute approximate surface area is 336 Å². The Hall–Kier alpha value is -5.89. The summed E-state index contributed by atoms with van der Waals surface area (Å²) in [5, 5.41) is 7.93. The highest BCUT2D eigenvalue weighted by molar-refractivity contribution is 6.22.